The molecule has 10 heteroatoms. The molecule has 0 saturated heterocycles. The first-order chi connectivity index (χ1) is 21.5. The van der Waals surface area contributed by atoms with Gasteiger partial charge in [-0.1, -0.05) is 70.2 Å². The number of aromatic amines is 1. The van der Waals surface area contributed by atoms with Crippen LogP contribution >= 0.6 is 0 Å². The highest BCUT2D eigenvalue weighted by molar-refractivity contribution is 5.90. The molecule has 45 heavy (non-hydrogen) atoms. The van der Waals surface area contributed by atoms with Crippen LogP contribution in [0.1, 0.15) is 74.3 Å². The highest BCUT2D eigenvalue weighted by Gasteiger charge is 2.31. The maximum absolute atomic E-state index is 12.8. The molecule has 0 bridgehead atoms. The fourth-order valence-electron chi connectivity index (χ4n) is 5.47. The number of amides is 2. The molecule has 0 saturated carbocycles. The number of nitrogens with one attached hydrogen (secondary N) is 2. The highest BCUT2D eigenvalue weighted by atomic mass is 16.5. The normalized spacial score (nSPS) is 12.4. The van der Waals surface area contributed by atoms with E-state index in [9.17, 15) is 9.59 Å². The summed E-state index contributed by atoms with van der Waals surface area (Å²) in [6, 6.07) is 21.2. The zero-order chi connectivity index (χ0) is 32.5. The number of anilines is 1. The fourth-order valence-corrected chi connectivity index (χ4v) is 5.47. The van der Waals surface area contributed by atoms with Crippen molar-refractivity contribution in [2.45, 2.75) is 65.5 Å². The van der Waals surface area contributed by atoms with E-state index in [4.69, 9.17) is 9.47 Å². The van der Waals surface area contributed by atoms with Crippen LogP contribution in [0.15, 0.2) is 72.9 Å². The van der Waals surface area contributed by atoms with Crippen molar-refractivity contribution in [1.29, 1.82) is 0 Å². The number of ether oxygens (including phenoxy) is 2. The van der Waals surface area contributed by atoms with Gasteiger partial charge < -0.3 is 19.7 Å². The van der Waals surface area contributed by atoms with E-state index in [2.05, 4.69) is 53.2 Å². The monoisotopic (exact) mass is 612 g/mol. The van der Waals surface area contributed by atoms with Gasteiger partial charge in [0.2, 0.25) is 12.2 Å². The smallest absolute Gasteiger partial charge is 0.291 e. The Labute approximate surface area is 265 Å². The van der Waals surface area contributed by atoms with Gasteiger partial charge in [-0.15, -0.1) is 5.10 Å². The molecule has 238 valence electrons. The Bertz CT molecular complexity index is 1540. The van der Waals surface area contributed by atoms with Crippen LogP contribution in [0.2, 0.25) is 0 Å². The Kier molecular flexibility index (Phi) is 11.1. The van der Waals surface area contributed by atoms with Gasteiger partial charge in [0.1, 0.15) is 18.2 Å². The lowest BCUT2D eigenvalue weighted by molar-refractivity contribution is -0.107. The molecular weight excluding hydrogens is 568 g/mol. The molecule has 0 aliphatic heterocycles. The third-order valence-corrected chi connectivity index (χ3v) is 7.48. The number of pyridine rings is 1. The van der Waals surface area contributed by atoms with Gasteiger partial charge >= 0.3 is 0 Å². The third-order valence-electron chi connectivity index (χ3n) is 7.48. The summed E-state index contributed by atoms with van der Waals surface area (Å²) in [5.41, 5.74) is 3.38. The summed E-state index contributed by atoms with van der Waals surface area (Å²) in [5, 5.41) is 9.80. The predicted molar refractivity (Wildman–Crippen MR) is 174 cm³/mol. The zero-order valence-corrected chi connectivity index (χ0v) is 27.0. The number of carbonyl (C=O) groups is 2. The third kappa shape index (κ3) is 9.71. The maximum Gasteiger partial charge on any atom is 0.291 e. The molecular formula is C35H44N6O4. The van der Waals surface area contributed by atoms with Gasteiger partial charge in [-0.25, -0.2) is 4.98 Å². The number of hydrogen-bond donors (Lipinski definition) is 2. The van der Waals surface area contributed by atoms with E-state index in [0.29, 0.717) is 36.9 Å². The summed E-state index contributed by atoms with van der Waals surface area (Å²) >= 11 is 0. The zero-order valence-electron chi connectivity index (χ0n) is 27.0. The van der Waals surface area contributed by atoms with Crippen LogP contribution in [0, 0.1) is 5.41 Å². The van der Waals surface area contributed by atoms with Gasteiger partial charge in [-0.2, -0.15) is 0 Å². The molecule has 0 spiro atoms. The average Bonchev–Trinajstić information content (AvgIpc) is 3.48. The minimum Gasteiger partial charge on any atom is -0.489 e. The largest absolute Gasteiger partial charge is 0.489 e. The predicted octanol–water partition coefficient (Wildman–Crippen LogP) is 5.49. The lowest BCUT2D eigenvalue weighted by Crippen LogP contribution is -2.37. The Hall–Kier alpha value is -4.57. The fraction of sp³-hybridized carbons (Fsp3) is 0.400. The SMILES string of the molecule is CC(COc1ccc(C(C)(C)CC(C)(C)COCc2ccccn2)cc1N(C)C=O)NC(=O)c1n[nH]c(Cc2ccccc2)n1. The summed E-state index contributed by atoms with van der Waals surface area (Å²) in [7, 11) is 1.70. The molecule has 2 N–H and O–H groups in total. The molecule has 0 radical (unpaired) electrons. The van der Waals surface area contributed by atoms with Crippen molar-refractivity contribution >= 4 is 18.0 Å². The number of benzene rings is 2. The molecule has 2 amide bonds. The van der Waals surface area contributed by atoms with Crippen molar-refractivity contribution in [2.24, 2.45) is 5.41 Å². The Morgan fingerprint density at radius 1 is 1.07 bits per heavy atom. The second-order valence-electron chi connectivity index (χ2n) is 12.9. The summed E-state index contributed by atoms with van der Waals surface area (Å²) in [6.07, 6.45) is 3.93. The van der Waals surface area contributed by atoms with E-state index in [1.165, 1.54) is 4.90 Å². The quantitative estimate of drug-likeness (QED) is 0.160. The molecule has 4 aromatic rings. The van der Waals surface area contributed by atoms with E-state index in [0.717, 1.165) is 29.7 Å². The average molecular weight is 613 g/mol. The molecule has 1 unspecified atom stereocenters. The minimum absolute atomic E-state index is 0.0748. The van der Waals surface area contributed by atoms with Crippen molar-refractivity contribution in [3.63, 3.8) is 0 Å². The first-order valence-electron chi connectivity index (χ1n) is 15.1. The topological polar surface area (TPSA) is 122 Å². The van der Waals surface area contributed by atoms with Crippen molar-refractivity contribution < 1.29 is 19.1 Å². The Morgan fingerprint density at radius 2 is 1.82 bits per heavy atom. The van der Waals surface area contributed by atoms with E-state index >= 15 is 0 Å². The van der Waals surface area contributed by atoms with Crippen LogP contribution in [-0.2, 0) is 28.0 Å². The van der Waals surface area contributed by atoms with E-state index in [1.807, 2.05) is 73.7 Å². The van der Waals surface area contributed by atoms with E-state index < -0.39 is 5.91 Å². The summed E-state index contributed by atoms with van der Waals surface area (Å²) < 4.78 is 12.1. The minimum atomic E-state index is -0.393. The highest BCUT2D eigenvalue weighted by Crippen LogP contribution is 2.40. The van der Waals surface area contributed by atoms with E-state index in [-0.39, 0.29) is 29.3 Å². The van der Waals surface area contributed by atoms with E-state index in [1.54, 1.807) is 13.2 Å². The van der Waals surface area contributed by atoms with Gasteiger partial charge in [0.25, 0.3) is 5.91 Å². The lowest BCUT2D eigenvalue weighted by Gasteiger charge is -2.36. The van der Waals surface area contributed by atoms with Crippen LogP contribution in [0.5, 0.6) is 5.75 Å². The second kappa shape index (κ2) is 14.9. The lowest BCUT2D eigenvalue weighted by atomic mass is 9.71. The standard InChI is InChI=1S/C35H44N6O4/c1-25(37-33(43)32-38-31(39-40-32)18-26-12-8-7-9-13-26)20-45-30-16-15-27(19-29(30)41(6)24-42)35(4,5)22-34(2,3)23-44-21-28-14-10-11-17-36-28/h7-17,19,24-25H,18,20-23H2,1-6H3,(H,37,43)(H,38,39,40). The maximum atomic E-state index is 12.8. The molecule has 4 rings (SSSR count). The Morgan fingerprint density at radius 3 is 2.53 bits per heavy atom. The van der Waals surface area contributed by atoms with Gasteiger partial charge in [0.05, 0.1) is 30.6 Å². The van der Waals surface area contributed by atoms with Crippen molar-refractivity contribution in [3.8, 4) is 5.75 Å². The first kappa shape index (κ1) is 33.3. The Balaban J connectivity index is 1.35. The molecule has 0 aliphatic carbocycles. The number of aromatic nitrogens is 4. The van der Waals surface area contributed by atoms with Crippen molar-refractivity contribution in [3.05, 3.63) is 101 Å². The molecule has 1 atom stereocenters. The van der Waals surface area contributed by atoms with Gasteiger partial charge in [0, 0.05) is 19.7 Å². The molecule has 2 aromatic carbocycles. The molecule has 2 aromatic heterocycles. The summed E-state index contributed by atoms with van der Waals surface area (Å²) in [5.74, 6) is 0.841. The summed E-state index contributed by atoms with van der Waals surface area (Å²) in [4.78, 5) is 34.8. The number of nitrogens with zero attached hydrogens (tertiary/aromatic N) is 4. The number of rotatable bonds is 16. The summed E-state index contributed by atoms with van der Waals surface area (Å²) in [6.45, 7) is 11.9. The van der Waals surface area contributed by atoms with Crippen LogP contribution < -0.4 is 15.0 Å². The number of carbonyl (C=O) groups excluding carboxylic acids is 2. The molecule has 0 aliphatic rings. The molecule has 0 fully saturated rings. The molecule has 2 heterocycles. The van der Waals surface area contributed by atoms with Crippen molar-refractivity contribution in [2.75, 3.05) is 25.2 Å². The number of H-pyrrole nitrogens is 1. The van der Waals surface area contributed by atoms with Crippen LogP contribution in [-0.4, -0.2) is 58.8 Å². The van der Waals surface area contributed by atoms with Gasteiger partial charge in [-0.3, -0.25) is 19.7 Å². The van der Waals surface area contributed by atoms with Gasteiger partial charge in [-0.05, 0) is 59.6 Å². The second-order valence-corrected chi connectivity index (χ2v) is 12.9. The van der Waals surface area contributed by atoms with Crippen LogP contribution in [0.25, 0.3) is 0 Å². The molecule has 10 nitrogen and oxygen atoms in total. The van der Waals surface area contributed by atoms with Crippen LogP contribution in [0.3, 0.4) is 0 Å². The first-order valence-corrected chi connectivity index (χ1v) is 15.1. The van der Waals surface area contributed by atoms with Crippen LogP contribution in [0.4, 0.5) is 5.69 Å². The number of hydrogen-bond acceptors (Lipinski definition) is 7. The van der Waals surface area contributed by atoms with Gasteiger partial charge in [0.15, 0.2) is 0 Å². The van der Waals surface area contributed by atoms with Crippen molar-refractivity contribution in [1.82, 2.24) is 25.5 Å².